The maximum absolute atomic E-state index is 12.0. The van der Waals surface area contributed by atoms with Gasteiger partial charge in [0.1, 0.15) is 0 Å². The Morgan fingerprint density at radius 3 is 3.00 bits per heavy atom. The topological polar surface area (TPSA) is 71.8 Å². The van der Waals surface area contributed by atoms with Gasteiger partial charge in [-0.2, -0.15) is 5.10 Å². The van der Waals surface area contributed by atoms with Crippen LogP contribution in [0.2, 0.25) is 0 Å². The predicted molar refractivity (Wildman–Crippen MR) is 95.1 cm³/mol. The summed E-state index contributed by atoms with van der Waals surface area (Å²) in [4.78, 5) is 16.3. The van der Waals surface area contributed by atoms with E-state index >= 15 is 0 Å². The van der Waals surface area contributed by atoms with E-state index < -0.39 is 0 Å². The second kappa shape index (κ2) is 7.12. The van der Waals surface area contributed by atoms with Gasteiger partial charge in [-0.15, -0.1) is 0 Å². The molecule has 6 heteroatoms. The number of aromatic nitrogens is 3. The van der Waals surface area contributed by atoms with Crippen molar-refractivity contribution in [3.63, 3.8) is 0 Å². The van der Waals surface area contributed by atoms with Gasteiger partial charge >= 0.3 is 6.03 Å². The number of hydrogen-bond donors (Lipinski definition) is 2. The summed E-state index contributed by atoms with van der Waals surface area (Å²) in [6.45, 7) is 2.58. The summed E-state index contributed by atoms with van der Waals surface area (Å²) in [5, 5.41) is 11.2. The number of hydrogen-bond acceptors (Lipinski definition) is 3. The molecule has 0 saturated heterocycles. The highest BCUT2D eigenvalue weighted by atomic mass is 16.2. The van der Waals surface area contributed by atoms with Gasteiger partial charge in [-0.05, 0) is 36.6 Å². The summed E-state index contributed by atoms with van der Waals surface area (Å²) < 4.78 is 1.71. The van der Waals surface area contributed by atoms with Gasteiger partial charge in [-0.1, -0.05) is 19.1 Å². The molecule has 0 fully saturated rings. The molecule has 0 aliphatic heterocycles. The molecule has 0 aliphatic rings. The Kier molecular flexibility index (Phi) is 4.74. The van der Waals surface area contributed by atoms with E-state index in [4.69, 9.17) is 0 Å². The normalized spacial score (nSPS) is 10.8. The van der Waals surface area contributed by atoms with E-state index in [1.54, 1.807) is 10.9 Å². The summed E-state index contributed by atoms with van der Waals surface area (Å²) in [6.07, 6.45) is 5.15. The third kappa shape index (κ3) is 3.71. The summed E-state index contributed by atoms with van der Waals surface area (Å²) in [5.74, 6) is 0. The van der Waals surface area contributed by atoms with Crippen molar-refractivity contribution in [2.45, 2.75) is 19.8 Å². The van der Waals surface area contributed by atoms with E-state index in [2.05, 4.69) is 26.8 Å². The number of nitrogens with zero attached hydrogens (tertiary/aromatic N) is 3. The Hall–Kier alpha value is -2.89. The Bertz CT molecular complexity index is 855. The van der Waals surface area contributed by atoms with Crippen LogP contribution < -0.4 is 10.6 Å². The molecule has 0 spiro atoms. The lowest BCUT2D eigenvalue weighted by molar-refractivity contribution is 0.252. The second-order valence-electron chi connectivity index (χ2n) is 5.68. The molecule has 3 rings (SSSR count). The van der Waals surface area contributed by atoms with Crippen molar-refractivity contribution >= 4 is 22.6 Å². The lowest BCUT2D eigenvalue weighted by Gasteiger charge is -2.08. The molecule has 0 bridgehead atoms. The molecule has 0 saturated carbocycles. The fourth-order valence-electron chi connectivity index (χ4n) is 2.67. The first-order valence-electron chi connectivity index (χ1n) is 8.06. The number of carbonyl (C=O) groups excluding carboxylic acids is 1. The fourth-order valence-corrected chi connectivity index (χ4v) is 2.67. The Balaban J connectivity index is 1.54. The van der Waals surface area contributed by atoms with Gasteiger partial charge in [0.2, 0.25) is 0 Å². The van der Waals surface area contributed by atoms with E-state index in [-0.39, 0.29) is 6.03 Å². The minimum atomic E-state index is -0.208. The van der Waals surface area contributed by atoms with Gasteiger partial charge in [-0.3, -0.25) is 9.67 Å². The number of carbonyl (C=O) groups is 1. The number of anilines is 1. The van der Waals surface area contributed by atoms with Gasteiger partial charge < -0.3 is 10.6 Å². The van der Waals surface area contributed by atoms with Gasteiger partial charge in [0.15, 0.2) is 0 Å². The van der Waals surface area contributed by atoms with E-state index in [0.717, 1.165) is 35.1 Å². The first-order valence-corrected chi connectivity index (χ1v) is 8.06. The van der Waals surface area contributed by atoms with Crippen molar-refractivity contribution < 1.29 is 4.79 Å². The number of aryl methyl sites for hydroxylation is 2. The molecule has 2 N–H and O–H groups in total. The molecule has 0 atom stereocenters. The molecule has 2 amide bonds. The molecule has 124 valence electrons. The van der Waals surface area contributed by atoms with Crippen molar-refractivity contribution in [3.8, 4) is 0 Å². The average Bonchev–Trinajstić information content (AvgIpc) is 2.94. The number of amides is 2. The molecule has 0 unspecified atom stereocenters. The van der Waals surface area contributed by atoms with Crippen LogP contribution in [-0.4, -0.2) is 27.3 Å². The van der Waals surface area contributed by atoms with Crippen LogP contribution in [0.1, 0.15) is 18.2 Å². The zero-order valence-corrected chi connectivity index (χ0v) is 13.9. The smallest absolute Gasteiger partial charge is 0.319 e. The summed E-state index contributed by atoms with van der Waals surface area (Å²) >= 11 is 0. The largest absolute Gasteiger partial charge is 0.338 e. The standard InChI is InChI=1S/C18H21N5O/c1-3-15-17(12-23(2)22-15)21-18(24)20-10-8-13-6-7-16-14(11-13)5-4-9-19-16/h4-7,9,11-12H,3,8,10H2,1-2H3,(H2,20,21,24). The maximum Gasteiger partial charge on any atom is 0.319 e. The predicted octanol–water partition coefficient (Wildman–Crippen LogP) is 2.89. The van der Waals surface area contributed by atoms with Crippen LogP contribution >= 0.6 is 0 Å². The third-order valence-corrected chi connectivity index (χ3v) is 3.86. The summed E-state index contributed by atoms with van der Waals surface area (Å²) in [7, 11) is 1.84. The molecule has 0 aliphatic carbocycles. The summed E-state index contributed by atoms with van der Waals surface area (Å²) in [5.41, 5.74) is 3.80. The molecule has 2 heterocycles. The van der Waals surface area contributed by atoms with Crippen molar-refractivity contribution in [1.29, 1.82) is 0 Å². The van der Waals surface area contributed by atoms with Crippen LogP contribution in [0.5, 0.6) is 0 Å². The van der Waals surface area contributed by atoms with Gasteiger partial charge in [-0.25, -0.2) is 4.79 Å². The van der Waals surface area contributed by atoms with Crippen molar-refractivity contribution in [1.82, 2.24) is 20.1 Å². The fraction of sp³-hybridized carbons (Fsp3) is 0.278. The highest BCUT2D eigenvalue weighted by Crippen LogP contribution is 2.14. The average molecular weight is 323 g/mol. The van der Waals surface area contributed by atoms with Crippen molar-refractivity contribution in [2.75, 3.05) is 11.9 Å². The molecular formula is C18H21N5O. The Morgan fingerprint density at radius 2 is 2.17 bits per heavy atom. The minimum absolute atomic E-state index is 0.208. The Morgan fingerprint density at radius 1 is 1.29 bits per heavy atom. The lowest BCUT2D eigenvalue weighted by atomic mass is 10.1. The highest BCUT2D eigenvalue weighted by molar-refractivity contribution is 5.89. The van der Waals surface area contributed by atoms with E-state index in [1.165, 1.54) is 5.56 Å². The van der Waals surface area contributed by atoms with Crippen LogP contribution in [0.4, 0.5) is 10.5 Å². The van der Waals surface area contributed by atoms with Crippen molar-refractivity contribution in [3.05, 3.63) is 54.0 Å². The molecule has 3 aromatic rings. The van der Waals surface area contributed by atoms with Crippen molar-refractivity contribution in [2.24, 2.45) is 7.05 Å². The molecule has 0 radical (unpaired) electrons. The molecule has 1 aromatic carbocycles. The monoisotopic (exact) mass is 323 g/mol. The van der Waals surface area contributed by atoms with Crippen LogP contribution in [-0.2, 0) is 19.9 Å². The summed E-state index contributed by atoms with van der Waals surface area (Å²) in [6, 6.07) is 9.93. The highest BCUT2D eigenvalue weighted by Gasteiger charge is 2.09. The third-order valence-electron chi connectivity index (χ3n) is 3.86. The SMILES string of the molecule is CCc1nn(C)cc1NC(=O)NCCc1ccc2ncccc2c1. The molecule has 2 aromatic heterocycles. The number of pyridine rings is 1. The maximum atomic E-state index is 12.0. The van der Waals surface area contributed by atoms with Gasteiger partial charge in [0.25, 0.3) is 0 Å². The molecule has 24 heavy (non-hydrogen) atoms. The first-order chi connectivity index (χ1) is 11.7. The first kappa shape index (κ1) is 16.0. The van der Waals surface area contributed by atoms with Crippen LogP contribution in [0, 0.1) is 0 Å². The second-order valence-corrected chi connectivity index (χ2v) is 5.68. The van der Waals surface area contributed by atoms with Gasteiger partial charge in [0, 0.05) is 31.4 Å². The molecule has 6 nitrogen and oxygen atoms in total. The van der Waals surface area contributed by atoms with Crippen LogP contribution in [0.15, 0.2) is 42.7 Å². The van der Waals surface area contributed by atoms with Gasteiger partial charge in [0.05, 0.1) is 16.9 Å². The van der Waals surface area contributed by atoms with Crippen LogP contribution in [0.3, 0.4) is 0 Å². The van der Waals surface area contributed by atoms with E-state index in [1.807, 2.05) is 44.4 Å². The number of urea groups is 1. The number of benzene rings is 1. The molecular weight excluding hydrogens is 302 g/mol. The number of nitrogens with one attached hydrogen (secondary N) is 2. The number of rotatable bonds is 5. The zero-order valence-electron chi connectivity index (χ0n) is 13.9. The zero-order chi connectivity index (χ0) is 16.9. The minimum Gasteiger partial charge on any atom is -0.338 e. The van der Waals surface area contributed by atoms with E-state index in [0.29, 0.717) is 6.54 Å². The number of fused-ring (bicyclic) bond motifs is 1. The lowest BCUT2D eigenvalue weighted by Crippen LogP contribution is -2.30. The quantitative estimate of drug-likeness (QED) is 0.758. The van der Waals surface area contributed by atoms with Crippen LogP contribution in [0.25, 0.3) is 10.9 Å². The van der Waals surface area contributed by atoms with E-state index in [9.17, 15) is 4.79 Å². The Labute approximate surface area is 140 Å².